The van der Waals surface area contributed by atoms with Gasteiger partial charge in [0.1, 0.15) is 0 Å². The number of amides is 1. The highest BCUT2D eigenvalue weighted by molar-refractivity contribution is 5.76. The van der Waals surface area contributed by atoms with E-state index in [1.54, 1.807) is 0 Å². The standard InChI is InChI=1S/C27H43N3O/c1-21(2)28-16-18-29(19-17-28)26-7-5-4-6-25(26)20-27(31)30-14-12-24(13-15-30)23-10-8-22(3)9-11-23/h8-11,21,24-26H,4-7,12-20H2,1-3H3/t25-,26+/m1/s1. The molecule has 0 N–H and O–H groups in total. The SMILES string of the molecule is Cc1ccc(C2CCN(C(=O)C[C@H]3CCCC[C@@H]3N3CCN(C(C)C)CC3)CC2)cc1. The summed E-state index contributed by atoms with van der Waals surface area (Å²) >= 11 is 0. The van der Waals surface area contributed by atoms with Gasteiger partial charge in [-0.15, -0.1) is 0 Å². The van der Waals surface area contributed by atoms with Crippen LogP contribution in [0.4, 0.5) is 0 Å². The quantitative estimate of drug-likeness (QED) is 0.685. The molecule has 1 aromatic rings. The van der Waals surface area contributed by atoms with Crippen LogP contribution in [0.2, 0.25) is 0 Å². The van der Waals surface area contributed by atoms with E-state index in [4.69, 9.17) is 0 Å². The van der Waals surface area contributed by atoms with Crippen LogP contribution in [0.3, 0.4) is 0 Å². The van der Waals surface area contributed by atoms with Crippen LogP contribution < -0.4 is 0 Å². The molecule has 2 heterocycles. The summed E-state index contributed by atoms with van der Waals surface area (Å²) in [6.45, 7) is 13.3. The van der Waals surface area contributed by atoms with E-state index in [2.05, 4.69) is 59.7 Å². The van der Waals surface area contributed by atoms with Crippen molar-refractivity contribution in [2.75, 3.05) is 39.3 Å². The maximum absolute atomic E-state index is 13.2. The third-order valence-corrected chi connectivity index (χ3v) is 8.25. The lowest BCUT2D eigenvalue weighted by molar-refractivity contribution is -0.134. The number of hydrogen-bond donors (Lipinski definition) is 0. The maximum Gasteiger partial charge on any atom is 0.222 e. The number of nitrogens with zero attached hydrogens (tertiary/aromatic N) is 3. The van der Waals surface area contributed by atoms with E-state index in [0.717, 1.165) is 32.4 Å². The van der Waals surface area contributed by atoms with Gasteiger partial charge in [0.25, 0.3) is 0 Å². The van der Waals surface area contributed by atoms with Crippen molar-refractivity contribution in [1.82, 2.24) is 14.7 Å². The first-order valence-corrected chi connectivity index (χ1v) is 12.8. The van der Waals surface area contributed by atoms with E-state index in [-0.39, 0.29) is 0 Å². The first-order valence-electron chi connectivity index (χ1n) is 12.8. The molecule has 3 fully saturated rings. The molecule has 0 bridgehead atoms. The number of rotatable bonds is 5. The number of aryl methyl sites for hydroxylation is 1. The highest BCUT2D eigenvalue weighted by atomic mass is 16.2. The van der Waals surface area contributed by atoms with E-state index in [1.165, 1.54) is 63.0 Å². The first-order chi connectivity index (χ1) is 15.0. The summed E-state index contributed by atoms with van der Waals surface area (Å²) in [6.07, 6.45) is 8.15. The van der Waals surface area contributed by atoms with Crippen LogP contribution >= 0.6 is 0 Å². The van der Waals surface area contributed by atoms with E-state index < -0.39 is 0 Å². The van der Waals surface area contributed by atoms with Gasteiger partial charge >= 0.3 is 0 Å². The first kappa shape index (κ1) is 22.8. The zero-order chi connectivity index (χ0) is 21.8. The molecule has 1 amide bonds. The Bertz CT molecular complexity index is 700. The van der Waals surface area contributed by atoms with Crippen LogP contribution in [0.5, 0.6) is 0 Å². The lowest BCUT2D eigenvalue weighted by Crippen LogP contribution is -2.54. The third kappa shape index (κ3) is 5.70. The van der Waals surface area contributed by atoms with Crippen molar-refractivity contribution in [2.45, 2.75) is 83.7 Å². The molecule has 4 nitrogen and oxygen atoms in total. The number of likely N-dealkylation sites (tertiary alicyclic amines) is 1. The molecule has 2 aliphatic heterocycles. The van der Waals surface area contributed by atoms with Gasteiger partial charge in [0.15, 0.2) is 0 Å². The largest absolute Gasteiger partial charge is 0.343 e. The van der Waals surface area contributed by atoms with E-state index in [0.29, 0.717) is 29.8 Å². The molecule has 0 spiro atoms. The van der Waals surface area contributed by atoms with Crippen LogP contribution in [0, 0.1) is 12.8 Å². The van der Waals surface area contributed by atoms with E-state index >= 15 is 0 Å². The zero-order valence-corrected chi connectivity index (χ0v) is 20.1. The Morgan fingerprint density at radius 1 is 0.903 bits per heavy atom. The van der Waals surface area contributed by atoms with Gasteiger partial charge in [-0.05, 0) is 63.9 Å². The average Bonchev–Trinajstić information content (AvgIpc) is 2.80. The predicted octanol–water partition coefficient (Wildman–Crippen LogP) is 4.68. The van der Waals surface area contributed by atoms with Crippen LogP contribution in [0.1, 0.15) is 75.8 Å². The van der Waals surface area contributed by atoms with Crippen LogP contribution in [-0.2, 0) is 4.79 Å². The molecule has 1 aliphatic carbocycles. The Kier molecular flexibility index (Phi) is 7.71. The minimum absolute atomic E-state index is 0.417. The molecule has 0 unspecified atom stereocenters. The molecule has 2 saturated heterocycles. The summed E-state index contributed by atoms with van der Waals surface area (Å²) in [5.41, 5.74) is 2.77. The van der Waals surface area contributed by atoms with Gasteiger partial charge in [-0.3, -0.25) is 14.6 Å². The van der Waals surface area contributed by atoms with Crippen molar-refractivity contribution in [3.8, 4) is 0 Å². The molecule has 0 aromatic heterocycles. The minimum Gasteiger partial charge on any atom is -0.343 e. The number of piperazine rings is 1. The molecule has 4 rings (SSSR count). The van der Waals surface area contributed by atoms with Crippen molar-refractivity contribution in [3.63, 3.8) is 0 Å². The van der Waals surface area contributed by atoms with Crippen molar-refractivity contribution < 1.29 is 4.79 Å². The second kappa shape index (κ2) is 10.5. The Hall–Kier alpha value is -1.39. The number of carbonyl (C=O) groups is 1. The smallest absolute Gasteiger partial charge is 0.222 e. The number of piperidine rings is 1. The summed E-state index contributed by atoms with van der Waals surface area (Å²) < 4.78 is 0. The third-order valence-electron chi connectivity index (χ3n) is 8.25. The lowest BCUT2D eigenvalue weighted by Gasteiger charge is -2.45. The van der Waals surface area contributed by atoms with Crippen LogP contribution in [0.15, 0.2) is 24.3 Å². The molecule has 1 saturated carbocycles. The fourth-order valence-corrected chi connectivity index (χ4v) is 6.15. The van der Waals surface area contributed by atoms with Gasteiger partial charge in [0, 0.05) is 57.8 Å². The second-order valence-electron chi connectivity index (χ2n) is 10.5. The van der Waals surface area contributed by atoms with Gasteiger partial charge < -0.3 is 4.90 Å². The van der Waals surface area contributed by atoms with E-state index in [9.17, 15) is 4.79 Å². The van der Waals surface area contributed by atoms with Gasteiger partial charge in [-0.1, -0.05) is 42.7 Å². The summed E-state index contributed by atoms with van der Waals surface area (Å²) in [7, 11) is 0. The highest BCUT2D eigenvalue weighted by Crippen LogP contribution is 2.33. The number of benzene rings is 1. The Morgan fingerprint density at radius 3 is 2.19 bits per heavy atom. The molecule has 3 aliphatic rings. The fraction of sp³-hybridized carbons (Fsp3) is 0.741. The molecule has 0 radical (unpaired) electrons. The van der Waals surface area contributed by atoms with Gasteiger partial charge in [-0.2, -0.15) is 0 Å². The second-order valence-corrected chi connectivity index (χ2v) is 10.5. The molecule has 2 atom stereocenters. The summed E-state index contributed by atoms with van der Waals surface area (Å²) in [4.78, 5) is 20.7. The normalized spacial score (nSPS) is 27.0. The Morgan fingerprint density at radius 2 is 1.55 bits per heavy atom. The molecular formula is C27H43N3O. The van der Waals surface area contributed by atoms with Crippen molar-refractivity contribution >= 4 is 5.91 Å². The summed E-state index contributed by atoms with van der Waals surface area (Å²) in [6, 6.07) is 10.3. The summed E-state index contributed by atoms with van der Waals surface area (Å²) in [5, 5.41) is 0. The average molecular weight is 426 g/mol. The molecule has 4 heteroatoms. The summed E-state index contributed by atoms with van der Waals surface area (Å²) in [5.74, 6) is 1.59. The fourth-order valence-electron chi connectivity index (χ4n) is 6.15. The van der Waals surface area contributed by atoms with Crippen molar-refractivity contribution in [1.29, 1.82) is 0 Å². The van der Waals surface area contributed by atoms with Gasteiger partial charge in [-0.25, -0.2) is 0 Å². The lowest BCUT2D eigenvalue weighted by atomic mass is 9.80. The molecular weight excluding hydrogens is 382 g/mol. The topological polar surface area (TPSA) is 26.8 Å². The Labute approximate surface area is 190 Å². The molecule has 172 valence electrons. The number of hydrogen-bond acceptors (Lipinski definition) is 3. The van der Waals surface area contributed by atoms with Gasteiger partial charge in [0.2, 0.25) is 5.91 Å². The molecule has 1 aromatic carbocycles. The van der Waals surface area contributed by atoms with Crippen LogP contribution in [-0.4, -0.2) is 72.0 Å². The maximum atomic E-state index is 13.2. The Balaban J connectivity index is 1.28. The minimum atomic E-state index is 0.417. The number of carbonyl (C=O) groups excluding carboxylic acids is 1. The van der Waals surface area contributed by atoms with Crippen molar-refractivity contribution in [3.05, 3.63) is 35.4 Å². The zero-order valence-electron chi connectivity index (χ0n) is 20.1. The van der Waals surface area contributed by atoms with Crippen LogP contribution in [0.25, 0.3) is 0 Å². The highest BCUT2D eigenvalue weighted by Gasteiger charge is 2.35. The molecule has 31 heavy (non-hydrogen) atoms. The van der Waals surface area contributed by atoms with E-state index in [1.807, 2.05) is 0 Å². The van der Waals surface area contributed by atoms with Gasteiger partial charge in [0.05, 0.1) is 0 Å². The monoisotopic (exact) mass is 425 g/mol. The van der Waals surface area contributed by atoms with Crippen molar-refractivity contribution in [2.24, 2.45) is 5.92 Å². The predicted molar refractivity (Wildman–Crippen MR) is 128 cm³/mol.